The summed E-state index contributed by atoms with van der Waals surface area (Å²) in [6.07, 6.45) is -2.52. The van der Waals surface area contributed by atoms with Gasteiger partial charge in [0.1, 0.15) is 0 Å². The molecule has 3 unspecified atom stereocenters. The standard InChI is InChI=1S/C18H20N2O.C4H6O6/c19-18(21)20-13-7-12-16(20)17(14-8-3-1-4-9-14)15-10-5-2-6-11-15;5-1(3(7)8)2(6)4(9)10/h1-6,8-11,16-17H,7,12-13H2,(H2,19,21);1-2,5-6H,(H,7,8)(H,9,10). The van der Waals surface area contributed by atoms with Gasteiger partial charge in [-0.2, -0.15) is 0 Å². The molecule has 0 aliphatic carbocycles. The van der Waals surface area contributed by atoms with Crippen LogP contribution >= 0.6 is 0 Å². The normalized spacial score (nSPS) is 17.4. The summed E-state index contributed by atoms with van der Waals surface area (Å²) in [5, 5.41) is 32.5. The minimum atomic E-state index is -2.27. The summed E-state index contributed by atoms with van der Waals surface area (Å²) < 4.78 is 0. The van der Waals surface area contributed by atoms with E-state index in [-0.39, 0.29) is 18.0 Å². The first-order valence-corrected chi connectivity index (χ1v) is 9.71. The van der Waals surface area contributed by atoms with Gasteiger partial charge in [0.05, 0.1) is 0 Å². The van der Waals surface area contributed by atoms with Gasteiger partial charge in [0.15, 0.2) is 12.2 Å². The third-order valence-electron chi connectivity index (χ3n) is 5.09. The van der Waals surface area contributed by atoms with Crippen molar-refractivity contribution in [2.45, 2.75) is 37.0 Å². The van der Waals surface area contributed by atoms with Crippen LogP contribution in [0.3, 0.4) is 0 Å². The minimum Gasteiger partial charge on any atom is -0.479 e. The topological polar surface area (TPSA) is 161 Å². The van der Waals surface area contributed by atoms with E-state index in [1.54, 1.807) is 0 Å². The van der Waals surface area contributed by atoms with E-state index in [1.807, 2.05) is 17.0 Å². The molecule has 3 atom stereocenters. The highest BCUT2D eigenvalue weighted by Gasteiger charge is 2.35. The molecule has 31 heavy (non-hydrogen) atoms. The van der Waals surface area contributed by atoms with Crippen LogP contribution in [0.1, 0.15) is 29.9 Å². The van der Waals surface area contributed by atoms with Crippen LogP contribution in [0.5, 0.6) is 0 Å². The molecule has 0 spiro atoms. The molecule has 1 fully saturated rings. The zero-order valence-corrected chi connectivity index (χ0v) is 16.7. The number of carbonyl (C=O) groups excluding carboxylic acids is 1. The number of hydrogen-bond acceptors (Lipinski definition) is 5. The largest absolute Gasteiger partial charge is 0.479 e. The number of primary amides is 1. The van der Waals surface area contributed by atoms with Gasteiger partial charge in [0.2, 0.25) is 0 Å². The average molecular weight is 430 g/mol. The van der Waals surface area contributed by atoms with Crippen LogP contribution in [0.4, 0.5) is 4.79 Å². The van der Waals surface area contributed by atoms with Gasteiger partial charge in [-0.25, -0.2) is 14.4 Å². The number of likely N-dealkylation sites (tertiary alicyclic amines) is 1. The van der Waals surface area contributed by atoms with Crippen LogP contribution in [-0.4, -0.2) is 68.1 Å². The summed E-state index contributed by atoms with van der Waals surface area (Å²) in [6, 6.07) is 20.6. The Morgan fingerprint density at radius 3 is 1.61 bits per heavy atom. The number of carboxylic acid groups (broad SMARTS) is 2. The van der Waals surface area contributed by atoms with Crippen LogP contribution in [0.25, 0.3) is 0 Å². The molecule has 1 heterocycles. The van der Waals surface area contributed by atoms with E-state index in [0.29, 0.717) is 0 Å². The molecular formula is C22H26N2O7. The van der Waals surface area contributed by atoms with Gasteiger partial charge in [-0.05, 0) is 24.0 Å². The fourth-order valence-electron chi connectivity index (χ4n) is 3.64. The summed E-state index contributed by atoms with van der Waals surface area (Å²) >= 11 is 0. The number of aliphatic carboxylic acids is 2. The zero-order valence-electron chi connectivity index (χ0n) is 16.7. The molecule has 0 aromatic heterocycles. The molecule has 6 N–H and O–H groups in total. The van der Waals surface area contributed by atoms with E-state index in [1.165, 1.54) is 11.1 Å². The number of benzene rings is 2. The van der Waals surface area contributed by atoms with E-state index in [4.69, 9.17) is 26.2 Å². The van der Waals surface area contributed by atoms with E-state index < -0.39 is 24.1 Å². The number of aliphatic hydroxyl groups is 2. The molecule has 1 saturated heterocycles. The molecule has 166 valence electrons. The Morgan fingerprint density at radius 2 is 1.26 bits per heavy atom. The first kappa shape index (κ1) is 23.8. The van der Waals surface area contributed by atoms with Crippen LogP contribution in [0.15, 0.2) is 60.7 Å². The molecule has 0 bridgehead atoms. The first-order valence-electron chi connectivity index (χ1n) is 9.71. The third-order valence-corrected chi connectivity index (χ3v) is 5.09. The number of amides is 2. The Balaban J connectivity index is 0.000000291. The van der Waals surface area contributed by atoms with Crippen molar-refractivity contribution >= 4 is 18.0 Å². The minimum absolute atomic E-state index is 0.146. The summed E-state index contributed by atoms with van der Waals surface area (Å²) in [7, 11) is 0. The summed E-state index contributed by atoms with van der Waals surface area (Å²) in [5.41, 5.74) is 8.04. The highest BCUT2D eigenvalue weighted by molar-refractivity contribution is 5.83. The van der Waals surface area contributed by atoms with Crippen molar-refractivity contribution in [2.75, 3.05) is 6.54 Å². The Labute approximate surface area is 179 Å². The molecule has 2 aromatic carbocycles. The maximum atomic E-state index is 11.7. The second kappa shape index (κ2) is 11.1. The van der Waals surface area contributed by atoms with Crippen molar-refractivity contribution < 1.29 is 34.8 Å². The molecule has 0 radical (unpaired) electrons. The fraction of sp³-hybridized carbons (Fsp3) is 0.318. The zero-order chi connectivity index (χ0) is 23.0. The average Bonchev–Trinajstić information content (AvgIpc) is 3.24. The van der Waals surface area contributed by atoms with Crippen molar-refractivity contribution in [2.24, 2.45) is 5.73 Å². The lowest BCUT2D eigenvalue weighted by molar-refractivity contribution is -0.165. The molecular weight excluding hydrogens is 404 g/mol. The molecule has 2 amide bonds. The van der Waals surface area contributed by atoms with Crippen LogP contribution < -0.4 is 5.73 Å². The monoisotopic (exact) mass is 430 g/mol. The quantitative estimate of drug-likeness (QED) is 0.460. The Hall–Kier alpha value is -3.43. The fourth-order valence-corrected chi connectivity index (χ4v) is 3.64. The van der Waals surface area contributed by atoms with Crippen LogP contribution in [0.2, 0.25) is 0 Å². The van der Waals surface area contributed by atoms with Gasteiger partial charge in [-0.1, -0.05) is 60.7 Å². The van der Waals surface area contributed by atoms with Crippen molar-refractivity contribution in [3.05, 3.63) is 71.8 Å². The molecule has 9 heteroatoms. The highest BCUT2D eigenvalue weighted by atomic mass is 16.4. The lowest BCUT2D eigenvalue weighted by Gasteiger charge is -2.31. The van der Waals surface area contributed by atoms with Crippen LogP contribution in [0, 0.1) is 0 Å². The van der Waals surface area contributed by atoms with Gasteiger partial charge in [0.25, 0.3) is 0 Å². The van der Waals surface area contributed by atoms with Crippen molar-refractivity contribution in [1.82, 2.24) is 4.90 Å². The van der Waals surface area contributed by atoms with Gasteiger partial charge < -0.3 is 31.1 Å². The predicted octanol–water partition coefficient (Wildman–Crippen LogP) is 1.24. The van der Waals surface area contributed by atoms with Gasteiger partial charge in [-0.15, -0.1) is 0 Å². The smallest absolute Gasteiger partial charge is 0.335 e. The Kier molecular flexibility index (Phi) is 8.53. The van der Waals surface area contributed by atoms with E-state index in [2.05, 4.69) is 48.5 Å². The molecule has 0 saturated carbocycles. The second-order valence-electron chi connectivity index (χ2n) is 7.11. The van der Waals surface area contributed by atoms with Gasteiger partial charge >= 0.3 is 18.0 Å². The van der Waals surface area contributed by atoms with Crippen molar-refractivity contribution in [1.29, 1.82) is 0 Å². The first-order chi connectivity index (χ1) is 14.7. The number of carboxylic acids is 2. The number of urea groups is 1. The molecule has 1 aliphatic rings. The number of nitrogens with zero attached hydrogens (tertiary/aromatic N) is 1. The lowest BCUT2D eigenvalue weighted by atomic mass is 9.84. The Morgan fingerprint density at radius 1 is 0.839 bits per heavy atom. The molecule has 9 nitrogen and oxygen atoms in total. The number of carbonyl (C=O) groups is 3. The summed E-state index contributed by atoms with van der Waals surface area (Å²) in [4.78, 5) is 33.1. The summed E-state index contributed by atoms with van der Waals surface area (Å²) in [6.45, 7) is 0.760. The third kappa shape index (κ3) is 6.27. The number of nitrogens with two attached hydrogens (primary N) is 1. The van der Waals surface area contributed by atoms with E-state index >= 15 is 0 Å². The lowest BCUT2D eigenvalue weighted by Crippen LogP contribution is -2.42. The molecule has 1 aliphatic heterocycles. The summed E-state index contributed by atoms with van der Waals surface area (Å²) in [5.74, 6) is -3.35. The molecule has 3 rings (SSSR count). The van der Waals surface area contributed by atoms with Crippen molar-refractivity contribution in [3.8, 4) is 0 Å². The molecule has 2 aromatic rings. The Bertz CT molecular complexity index is 818. The SMILES string of the molecule is NC(=O)N1CCCC1C(c1ccccc1)c1ccccc1.O=C(O)C(O)C(O)C(=O)O. The second-order valence-corrected chi connectivity index (χ2v) is 7.11. The predicted molar refractivity (Wildman–Crippen MR) is 111 cm³/mol. The van der Waals surface area contributed by atoms with Crippen molar-refractivity contribution in [3.63, 3.8) is 0 Å². The maximum absolute atomic E-state index is 11.7. The van der Waals surface area contributed by atoms with Crippen LogP contribution in [-0.2, 0) is 9.59 Å². The van der Waals surface area contributed by atoms with Gasteiger partial charge in [-0.3, -0.25) is 0 Å². The van der Waals surface area contributed by atoms with E-state index in [9.17, 15) is 14.4 Å². The van der Waals surface area contributed by atoms with E-state index in [0.717, 1.165) is 19.4 Å². The van der Waals surface area contributed by atoms with Gasteiger partial charge in [0, 0.05) is 18.5 Å². The number of rotatable bonds is 6. The maximum Gasteiger partial charge on any atom is 0.335 e. The number of aliphatic hydroxyl groups excluding tert-OH is 2. The number of hydrogen-bond donors (Lipinski definition) is 5. The highest BCUT2D eigenvalue weighted by Crippen LogP contribution is 2.36.